The molecule has 0 spiro atoms. The normalized spacial score (nSPS) is 14.4. The van der Waals surface area contributed by atoms with Crippen LogP contribution < -0.4 is 10.6 Å². The topological polar surface area (TPSA) is 78.4 Å². The van der Waals surface area contributed by atoms with Gasteiger partial charge < -0.3 is 29.9 Å². The Morgan fingerprint density at radius 3 is 2.41 bits per heavy atom. The maximum Gasteiger partial charge on any atom is 0.410 e. The summed E-state index contributed by atoms with van der Waals surface area (Å²) in [5.74, 6) is 0.785. The van der Waals surface area contributed by atoms with Crippen molar-refractivity contribution < 1.29 is 14.3 Å². The third kappa shape index (κ3) is 13.9. The molecule has 29 heavy (non-hydrogen) atoms. The largest absolute Gasteiger partial charge is 0.444 e. The van der Waals surface area contributed by atoms with E-state index >= 15 is 0 Å². The number of amides is 1. The second kappa shape index (κ2) is 15.1. The zero-order valence-corrected chi connectivity index (χ0v) is 21.5. The van der Waals surface area contributed by atoms with Crippen LogP contribution >= 0.6 is 24.0 Å². The number of hydrogen-bond acceptors (Lipinski definition) is 5. The van der Waals surface area contributed by atoms with Crippen LogP contribution in [0.3, 0.4) is 0 Å². The van der Waals surface area contributed by atoms with Gasteiger partial charge in [-0.1, -0.05) is 0 Å². The van der Waals surface area contributed by atoms with Crippen LogP contribution in [0.15, 0.2) is 4.99 Å². The van der Waals surface area contributed by atoms with Crippen LogP contribution in [0.4, 0.5) is 4.79 Å². The summed E-state index contributed by atoms with van der Waals surface area (Å²) in [4.78, 5) is 21.1. The first-order chi connectivity index (χ1) is 13.3. The van der Waals surface area contributed by atoms with E-state index in [2.05, 4.69) is 27.6 Å². The third-order valence-electron chi connectivity index (χ3n) is 4.24. The number of methoxy groups -OCH3 is 1. The maximum absolute atomic E-state index is 12.4. The highest BCUT2D eigenvalue weighted by atomic mass is 127. The Balaban J connectivity index is 0.00000784. The van der Waals surface area contributed by atoms with Gasteiger partial charge in [0, 0.05) is 52.5 Å². The van der Waals surface area contributed by atoms with Crippen molar-refractivity contribution in [3.8, 4) is 0 Å². The molecule has 2 N–H and O–H groups in total. The average Bonchev–Trinajstić information content (AvgIpc) is 3.42. The van der Waals surface area contributed by atoms with E-state index in [-0.39, 0.29) is 30.1 Å². The lowest BCUT2D eigenvalue weighted by atomic mass is 10.2. The van der Waals surface area contributed by atoms with Crippen molar-refractivity contribution in [1.82, 2.24) is 20.4 Å². The average molecular weight is 527 g/mol. The molecule has 1 saturated carbocycles. The molecule has 0 atom stereocenters. The molecule has 0 aromatic heterocycles. The minimum Gasteiger partial charge on any atom is -0.444 e. The second-order valence-electron chi connectivity index (χ2n) is 8.24. The van der Waals surface area contributed by atoms with Crippen LogP contribution in [-0.4, -0.2) is 93.5 Å². The van der Waals surface area contributed by atoms with Crippen LogP contribution in [-0.2, 0) is 9.47 Å². The van der Waals surface area contributed by atoms with Gasteiger partial charge in [-0.05, 0) is 54.0 Å². The maximum atomic E-state index is 12.4. The summed E-state index contributed by atoms with van der Waals surface area (Å²) in [6.07, 6.45) is 2.92. The predicted octanol–water partition coefficient (Wildman–Crippen LogP) is 2.53. The molecule has 1 amide bonds. The molecule has 1 fully saturated rings. The molecule has 0 aromatic carbocycles. The molecule has 1 aliphatic rings. The Kier molecular flexibility index (Phi) is 14.6. The van der Waals surface area contributed by atoms with Gasteiger partial charge in [0.2, 0.25) is 0 Å². The van der Waals surface area contributed by atoms with Gasteiger partial charge in [-0.15, -0.1) is 24.0 Å². The molecule has 0 saturated heterocycles. The number of ether oxygens (including phenoxy) is 2. The summed E-state index contributed by atoms with van der Waals surface area (Å²) < 4.78 is 10.6. The van der Waals surface area contributed by atoms with Crippen molar-refractivity contribution in [2.45, 2.75) is 58.6 Å². The number of rotatable bonds is 12. The van der Waals surface area contributed by atoms with Crippen molar-refractivity contribution >= 4 is 36.0 Å². The molecule has 0 radical (unpaired) electrons. The number of nitrogens with one attached hydrogen (secondary N) is 2. The lowest BCUT2D eigenvalue weighted by Gasteiger charge is -2.27. The first kappa shape index (κ1) is 28.2. The van der Waals surface area contributed by atoms with Crippen LogP contribution in [0.25, 0.3) is 0 Å². The Labute approximate surface area is 194 Å². The van der Waals surface area contributed by atoms with Gasteiger partial charge in [0.05, 0.1) is 6.54 Å². The highest BCUT2D eigenvalue weighted by Gasteiger charge is 2.34. The molecule has 172 valence electrons. The van der Waals surface area contributed by atoms with E-state index in [9.17, 15) is 4.79 Å². The van der Waals surface area contributed by atoms with Crippen LogP contribution in [0.1, 0.15) is 47.0 Å². The molecular formula is C20H42IN5O3. The third-order valence-corrected chi connectivity index (χ3v) is 4.24. The first-order valence-electron chi connectivity index (χ1n) is 10.5. The van der Waals surface area contributed by atoms with Gasteiger partial charge >= 0.3 is 6.09 Å². The fourth-order valence-corrected chi connectivity index (χ4v) is 2.69. The SMILES string of the molecule is CCNC(=NCCN(C)CCCOC)NCCN(C(=O)OC(C)(C)C)C1CC1.I. The van der Waals surface area contributed by atoms with Crippen LogP contribution in [0.5, 0.6) is 0 Å². The monoisotopic (exact) mass is 527 g/mol. The Morgan fingerprint density at radius 1 is 1.17 bits per heavy atom. The van der Waals surface area contributed by atoms with Crippen molar-refractivity contribution in [3.63, 3.8) is 0 Å². The van der Waals surface area contributed by atoms with Crippen molar-refractivity contribution in [3.05, 3.63) is 0 Å². The number of halogens is 1. The van der Waals surface area contributed by atoms with E-state index in [1.807, 2.05) is 32.6 Å². The Morgan fingerprint density at radius 2 is 1.86 bits per heavy atom. The zero-order valence-electron chi connectivity index (χ0n) is 19.1. The molecule has 0 aliphatic heterocycles. The minimum atomic E-state index is -0.469. The fourth-order valence-electron chi connectivity index (χ4n) is 2.69. The van der Waals surface area contributed by atoms with Gasteiger partial charge in [-0.25, -0.2) is 4.79 Å². The summed E-state index contributed by atoms with van der Waals surface area (Å²) in [5.41, 5.74) is -0.469. The van der Waals surface area contributed by atoms with Crippen molar-refractivity contribution in [2.75, 3.05) is 60.0 Å². The smallest absolute Gasteiger partial charge is 0.410 e. The van der Waals surface area contributed by atoms with E-state index in [4.69, 9.17) is 9.47 Å². The van der Waals surface area contributed by atoms with E-state index in [0.29, 0.717) is 19.1 Å². The number of hydrogen-bond donors (Lipinski definition) is 2. The fraction of sp³-hybridized carbons (Fsp3) is 0.900. The van der Waals surface area contributed by atoms with E-state index in [1.165, 1.54) is 0 Å². The molecule has 0 aromatic rings. The number of guanidine groups is 1. The predicted molar refractivity (Wildman–Crippen MR) is 129 cm³/mol. The standard InChI is InChI=1S/C20H41N5O3.HI/c1-7-21-18(22-11-14-24(5)13-8-16-27-6)23-12-15-25(17-9-10-17)19(26)28-20(2,3)4;/h17H,7-16H2,1-6H3,(H2,21,22,23);1H. The highest BCUT2D eigenvalue weighted by molar-refractivity contribution is 14.0. The van der Waals surface area contributed by atoms with Crippen molar-refractivity contribution in [2.24, 2.45) is 4.99 Å². The molecule has 0 heterocycles. The summed E-state index contributed by atoms with van der Waals surface area (Å²) in [7, 11) is 3.83. The van der Waals surface area contributed by atoms with Gasteiger partial charge in [-0.3, -0.25) is 4.99 Å². The highest BCUT2D eigenvalue weighted by Crippen LogP contribution is 2.27. The Bertz CT molecular complexity index is 481. The van der Waals surface area contributed by atoms with E-state index < -0.39 is 5.60 Å². The van der Waals surface area contributed by atoms with Crippen LogP contribution in [0.2, 0.25) is 0 Å². The molecule has 8 nitrogen and oxygen atoms in total. The van der Waals surface area contributed by atoms with Gasteiger partial charge in [-0.2, -0.15) is 0 Å². The number of nitrogens with zero attached hydrogens (tertiary/aromatic N) is 3. The number of carbonyl (C=O) groups is 1. The lowest BCUT2D eigenvalue weighted by Crippen LogP contribution is -2.45. The minimum absolute atomic E-state index is 0. The Hall–Kier alpha value is -0.810. The summed E-state index contributed by atoms with van der Waals surface area (Å²) >= 11 is 0. The second-order valence-corrected chi connectivity index (χ2v) is 8.24. The zero-order chi connectivity index (χ0) is 21.0. The molecule has 0 bridgehead atoms. The number of likely N-dealkylation sites (N-methyl/N-ethyl adjacent to an activating group) is 1. The molecule has 9 heteroatoms. The van der Waals surface area contributed by atoms with Crippen LogP contribution in [0, 0.1) is 0 Å². The molecular weight excluding hydrogens is 485 g/mol. The first-order valence-corrected chi connectivity index (χ1v) is 10.5. The number of carbonyl (C=O) groups excluding carboxylic acids is 1. The van der Waals surface area contributed by atoms with Crippen molar-refractivity contribution in [1.29, 1.82) is 0 Å². The van der Waals surface area contributed by atoms with Gasteiger partial charge in [0.15, 0.2) is 5.96 Å². The van der Waals surface area contributed by atoms with Gasteiger partial charge in [0.25, 0.3) is 0 Å². The molecule has 0 unspecified atom stereocenters. The molecule has 1 rings (SSSR count). The quantitative estimate of drug-likeness (QED) is 0.176. The molecule has 1 aliphatic carbocycles. The summed E-state index contributed by atoms with van der Waals surface area (Å²) in [5, 5.41) is 6.59. The lowest BCUT2D eigenvalue weighted by molar-refractivity contribution is 0.0238. The summed E-state index contributed by atoms with van der Waals surface area (Å²) in [6.45, 7) is 13.2. The summed E-state index contributed by atoms with van der Waals surface area (Å²) in [6, 6.07) is 0.317. The number of aliphatic imine (C=N–C) groups is 1. The van der Waals surface area contributed by atoms with E-state index in [0.717, 1.165) is 58.0 Å². The van der Waals surface area contributed by atoms with Gasteiger partial charge in [0.1, 0.15) is 5.60 Å². The van der Waals surface area contributed by atoms with E-state index in [1.54, 1.807) is 7.11 Å².